The number of aromatic nitrogens is 3. The summed E-state index contributed by atoms with van der Waals surface area (Å²) < 4.78 is 26.7. The highest BCUT2D eigenvalue weighted by Crippen LogP contribution is 2.34. The van der Waals surface area contributed by atoms with Gasteiger partial charge >= 0.3 is 0 Å². The Bertz CT molecular complexity index is 733. The third kappa shape index (κ3) is 2.11. The molecule has 4 nitrogen and oxygen atoms in total. The molecule has 2 aromatic heterocycles. The number of nitrogen functional groups attached to an aromatic ring is 1. The van der Waals surface area contributed by atoms with Crippen LogP contribution < -0.4 is 5.73 Å². The predicted octanol–water partition coefficient (Wildman–Crippen LogP) is 3.00. The minimum absolute atomic E-state index is 0.175. The number of hydrogen-bond acceptors (Lipinski definition) is 3. The molecule has 0 fully saturated rings. The maximum absolute atomic E-state index is 13.4. The number of halogens is 2. The van der Waals surface area contributed by atoms with E-state index in [1.165, 1.54) is 12.1 Å². The third-order valence-electron chi connectivity index (χ3n) is 2.90. The molecule has 3 aromatic rings. The summed E-state index contributed by atoms with van der Waals surface area (Å²) in [5.74, 6) is -1.16. The van der Waals surface area contributed by atoms with Crippen LogP contribution in [0.25, 0.3) is 22.4 Å². The highest BCUT2D eigenvalue weighted by Gasteiger charge is 2.16. The van der Waals surface area contributed by atoms with E-state index >= 15 is 0 Å². The van der Waals surface area contributed by atoms with Crippen molar-refractivity contribution < 1.29 is 8.78 Å². The first-order valence-corrected chi connectivity index (χ1v) is 5.86. The van der Waals surface area contributed by atoms with Crippen LogP contribution in [0, 0.1) is 11.6 Å². The van der Waals surface area contributed by atoms with Gasteiger partial charge in [-0.05, 0) is 29.8 Å². The molecule has 0 aliphatic carbocycles. The van der Waals surface area contributed by atoms with Gasteiger partial charge in [0.15, 0.2) is 5.82 Å². The van der Waals surface area contributed by atoms with Gasteiger partial charge < -0.3 is 5.73 Å². The van der Waals surface area contributed by atoms with Gasteiger partial charge in [0.2, 0.25) is 0 Å². The molecule has 0 bridgehead atoms. The lowest BCUT2D eigenvalue weighted by molar-refractivity contribution is 0.584. The molecule has 2 heterocycles. The lowest BCUT2D eigenvalue weighted by Crippen LogP contribution is -1.91. The van der Waals surface area contributed by atoms with Crippen molar-refractivity contribution in [2.24, 2.45) is 0 Å². The highest BCUT2D eigenvalue weighted by molar-refractivity contribution is 5.87. The first-order chi connectivity index (χ1) is 9.65. The topological polar surface area (TPSA) is 67.6 Å². The molecule has 6 heteroatoms. The Balaban J connectivity index is 2.22. The summed E-state index contributed by atoms with van der Waals surface area (Å²) in [7, 11) is 0. The fourth-order valence-corrected chi connectivity index (χ4v) is 2.07. The molecule has 1 aromatic carbocycles. The SMILES string of the molecule is Nc1n[nH]c(-c2cccnc2)c1-c1cc(F)cc(F)c1. The van der Waals surface area contributed by atoms with Gasteiger partial charge in [-0.25, -0.2) is 8.78 Å². The molecule has 3 N–H and O–H groups in total. The molecule has 3 rings (SSSR count). The van der Waals surface area contributed by atoms with Crippen LogP contribution in [-0.2, 0) is 0 Å². The van der Waals surface area contributed by atoms with Crippen LogP contribution in [0.1, 0.15) is 0 Å². The van der Waals surface area contributed by atoms with Crippen LogP contribution in [-0.4, -0.2) is 15.2 Å². The van der Waals surface area contributed by atoms with Crippen molar-refractivity contribution in [2.75, 3.05) is 5.73 Å². The monoisotopic (exact) mass is 272 g/mol. The van der Waals surface area contributed by atoms with Crippen molar-refractivity contribution in [1.82, 2.24) is 15.2 Å². The zero-order chi connectivity index (χ0) is 14.1. The van der Waals surface area contributed by atoms with Gasteiger partial charge in [0, 0.05) is 24.0 Å². The number of rotatable bonds is 2. The molecule has 0 unspecified atom stereocenters. The van der Waals surface area contributed by atoms with Gasteiger partial charge in [-0.15, -0.1) is 0 Å². The number of pyridine rings is 1. The Morgan fingerprint density at radius 1 is 1.05 bits per heavy atom. The third-order valence-corrected chi connectivity index (χ3v) is 2.90. The average molecular weight is 272 g/mol. The van der Waals surface area contributed by atoms with Crippen LogP contribution in [0.15, 0.2) is 42.7 Å². The zero-order valence-electron chi connectivity index (χ0n) is 10.3. The number of hydrogen-bond donors (Lipinski definition) is 2. The molecule has 0 radical (unpaired) electrons. The van der Waals surface area contributed by atoms with Crippen molar-refractivity contribution in [3.05, 3.63) is 54.4 Å². The van der Waals surface area contributed by atoms with Gasteiger partial charge in [-0.2, -0.15) is 5.10 Å². The molecule has 20 heavy (non-hydrogen) atoms. The van der Waals surface area contributed by atoms with Gasteiger partial charge in [0.25, 0.3) is 0 Å². The summed E-state index contributed by atoms with van der Waals surface area (Å²) in [6.07, 6.45) is 3.25. The number of nitrogens with two attached hydrogens (primary N) is 1. The maximum atomic E-state index is 13.4. The largest absolute Gasteiger partial charge is 0.382 e. The van der Waals surface area contributed by atoms with Gasteiger partial charge in [-0.1, -0.05) is 0 Å². The minimum Gasteiger partial charge on any atom is -0.382 e. The van der Waals surface area contributed by atoms with Crippen LogP contribution in [0.3, 0.4) is 0 Å². The summed E-state index contributed by atoms with van der Waals surface area (Å²) in [4.78, 5) is 4.00. The molecule has 0 amide bonds. The van der Waals surface area contributed by atoms with E-state index < -0.39 is 11.6 Å². The number of nitrogens with one attached hydrogen (secondary N) is 1. The molecule has 0 saturated carbocycles. The van der Waals surface area contributed by atoms with Crippen molar-refractivity contribution in [1.29, 1.82) is 0 Å². The first kappa shape index (κ1) is 12.3. The fourth-order valence-electron chi connectivity index (χ4n) is 2.07. The van der Waals surface area contributed by atoms with Crippen molar-refractivity contribution in [2.45, 2.75) is 0 Å². The predicted molar refractivity (Wildman–Crippen MR) is 71.6 cm³/mol. The Labute approximate surface area is 113 Å². The van der Waals surface area contributed by atoms with Crippen LogP contribution in [0.2, 0.25) is 0 Å². The summed E-state index contributed by atoms with van der Waals surface area (Å²) in [6.45, 7) is 0. The van der Waals surface area contributed by atoms with Gasteiger partial charge in [0.05, 0.1) is 11.3 Å². The Morgan fingerprint density at radius 3 is 2.45 bits per heavy atom. The summed E-state index contributed by atoms with van der Waals surface area (Å²) >= 11 is 0. The van der Waals surface area contributed by atoms with E-state index in [-0.39, 0.29) is 5.82 Å². The van der Waals surface area contributed by atoms with E-state index in [1.54, 1.807) is 24.5 Å². The van der Waals surface area contributed by atoms with E-state index in [1.807, 2.05) is 0 Å². The summed E-state index contributed by atoms with van der Waals surface area (Å²) in [5, 5.41) is 6.68. The van der Waals surface area contributed by atoms with E-state index in [9.17, 15) is 8.78 Å². The smallest absolute Gasteiger partial charge is 0.153 e. The van der Waals surface area contributed by atoms with E-state index in [2.05, 4.69) is 15.2 Å². The Morgan fingerprint density at radius 2 is 1.80 bits per heavy atom. The van der Waals surface area contributed by atoms with E-state index in [4.69, 9.17) is 5.73 Å². The summed E-state index contributed by atoms with van der Waals surface area (Å²) in [5.41, 5.74) is 7.89. The van der Waals surface area contributed by atoms with Crippen LogP contribution >= 0.6 is 0 Å². The molecule has 0 spiro atoms. The molecule has 0 atom stereocenters. The normalized spacial score (nSPS) is 10.7. The standard InChI is InChI=1S/C14H10F2N4/c15-10-4-9(5-11(16)6-10)12-13(19-20-14(12)17)8-2-1-3-18-7-8/h1-7H,(H3,17,19,20). The minimum atomic E-state index is -0.669. The Hall–Kier alpha value is -2.76. The molecule has 0 aliphatic rings. The number of H-pyrrole nitrogens is 1. The van der Waals surface area contributed by atoms with Crippen molar-refractivity contribution in [3.8, 4) is 22.4 Å². The second-order valence-corrected chi connectivity index (χ2v) is 4.26. The highest BCUT2D eigenvalue weighted by atomic mass is 19.1. The lowest BCUT2D eigenvalue weighted by atomic mass is 10.0. The number of aromatic amines is 1. The molecule has 100 valence electrons. The van der Waals surface area contributed by atoms with Crippen molar-refractivity contribution >= 4 is 5.82 Å². The molecular weight excluding hydrogens is 262 g/mol. The Kier molecular flexibility index (Phi) is 2.90. The first-order valence-electron chi connectivity index (χ1n) is 5.86. The van der Waals surface area contributed by atoms with Gasteiger partial charge in [-0.3, -0.25) is 10.1 Å². The maximum Gasteiger partial charge on any atom is 0.153 e. The quantitative estimate of drug-likeness (QED) is 0.753. The van der Waals surface area contributed by atoms with Crippen LogP contribution in [0.5, 0.6) is 0 Å². The average Bonchev–Trinajstić information content (AvgIpc) is 2.80. The van der Waals surface area contributed by atoms with E-state index in [0.29, 0.717) is 16.8 Å². The lowest BCUT2D eigenvalue weighted by Gasteiger charge is -2.05. The number of nitrogens with zero attached hydrogens (tertiary/aromatic N) is 2. The second-order valence-electron chi connectivity index (χ2n) is 4.26. The van der Waals surface area contributed by atoms with E-state index in [0.717, 1.165) is 11.6 Å². The fraction of sp³-hybridized carbons (Fsp3) is 0. The molecular formula is C14H10F2N4. The van der Waals surface area contributed by atoms with Crippen molar-refractivity contribution in [3.63, 3.8) is 0 Å². The number of anilines is 1. The van der Waals surface area contributed by atoms with Gasteiger partial charge in [0.1, 0.15) is 11.6 Å². The van der Waals surface area contributed by atoms with Crippen LogP contribution in [0.4, 0.5) is 14.6 Å². The summed E-state index contributed by atoms with van der Waals surface area (Å²) in [6, 6.07) is 6.79. The molecule has 0 aliphatic heterocycles. The molecule has 0 saturated heterocycles. The second kappa shape index (κ2) is 4.73. The number of benzene rings is 1. The zero-order valence-corrected chi connectivity index (χ0v) is 10.3.